The van der Waals surface area contributed by atoms with Crippen LogP contribution in [0.15, 0.2) is 59.8 Å². The summed E-state index contributed by atoms with van der Waals surface area (Å²) in [5.41, 5.74) is 7.53. The monoisotopic (exact) mass is 490 g/mol. The minimum absolute atomic E-state index is 0.0214. The molecule has 0 unspecified atom stereocenters. The van der Waals surface area contributed by atoms with Gasteiger partial charge in [-0.1, -0.05) is 0 Å². The number of carbonyl (C=O) groups is 1. The Morgan fingerprint density at radius 3 is 2.37 bits per heavy atom. The lowest BCUT2D eigenvalue weighted by Gasteiger charge is -2.29. The lowest BCUT2D eigenvalue weighted by atomic mass is 10.1. The molecule has 1 amide bonds. The number of hydrogen-bond acceptors (Lipinski definition) is 8. The second-order valence-corrected chi connectivity index (χ2v) is 10.4. The van der Waals surface area contributed by atoms with Gasteiger partial charge in [0.05, 0.1) is 23.7 Å². The van der Waals surface area contributed by atoms with E-state index >= 15 is 0 Å². The molecule has 2 saturated carbocycles. The normalized spacial score (nSPS) is 18.2. The van der Waals surface area contributed by atoms with Gasteiger partial charge in [0.15, 0.2) is 5.82 Å². The highest BCUT2D eigenvalue weighted by atomic mass is 32.2. The van der Waals surface area contributed by atoms with Gasteiger partial charge in [-0.3, -0.25) is 9.78 Å². The van der Waals surface area contributed by atoms with E-state index in [0.717, 1.165) is 62.0 Å². The van der Waals surface area contributed by atoms with Crippen molar-refractivity contribution in [3.8, 4) is 11.4 Å². The van der Waals surface area contributed by atoms with Gasteiger partial charge in [-0.2, -0.15) is 0 Å². The van der Waals surface area contributed by atoms with E-state index in [-0.39, 0.29) is 11.2 Å². The Kier molecular flexibility index (Phi) is 7.15. The van der Waals surface area contributed by atoms with Gasteiger partial charge >= 0.3 is 0 Å². The van der Waals surface area contributed by atoms with Crippen molar-refractivity contribution in [3.63, 3.8) is 0 Å². The van der Waals surface area contributed by atoms with Crippen LogP contribution in [0, 0.1) is 0 Å². The minimum atomic E-state index is 0.0214. The highest BCUT2D eigenvalue weighted by Gasteiger charge is 2.47. The van der Waals surface area contributed by atoms with Gasteiger partial charge in [0.25, 0.3) is 0 Å². The SMILES string of the molecule is NC=O.c1cc(SC2(c3cc(N4CCOCC4)nc(-c4ccc(NC5CC5)cc4)n3)CC2)ccn1. The van der Waals surface area contributed by atoms with Crippen LogP contribution in [0.3, 0.4) is 0 Å². The summed E-state index contributed by atoms with van der Waals surface area (Å²) in [5, 5.41) is 3.56. The summed E-state index contributed by atoms with van der Waals surface area (Å²) in [5.74, 6) is 1.82. The van der Waals surface area contributed by atoms with Gasteiger partial charge < -0.3 is 20.7 Å². The standard InChI is InChI=1S/C25H27N5OS.CH3NO/c1-3-19(27-20-5-6-20)4-2-18(1)24-28-22(17-23(29-24)30-13-15-31-16-14-30)25(9-10-25)32-21-7-11-26-12-8-21;2-1-3/h1-4,7-8,11-12,17,20,27H,5-6,9-10,13-16H2;1H,(H2,2,3). The number of aromatic nitrogens is 3. The number of amides is 1. The molecule has 6 rings (SSSR count). The van der Waals surface area contributed by atoms with Gasteiger partial charge in [0.1, 0.15) is 5.82 Å². The Hall–Kier alpha value is -3.17. The van der Waals surface area contributed by atoms with Crippen LogP contribution in [-0.2, 0) is 14.3 Å². The Morgan fingerprint density at radius 2 is 1.74 bits per heavy atom. The number of benzene rings is 1. The molecule has 3 aromatic rings. The van der Waals surface area contributed by atoms with Crippen molar-refractivity contribution in [2.45, 2.75) is 41.4 Å². The quantitative estimate of drug-likeness (QED) is 0.481. The number of thioether (sulfide) groups is 1. The van der Waals surface area contributed by atoms with E-state index in [1.54, 1.807) is 0 Å². The first kappa shape index (κ1) is 23.6. The number of hydrogen-bond donors (Lipinski definition) is 2. The maximum Gasteiger partial charge on any atom is 0.204 e. The van der Waals surface area contributed by atoms with E-state index < -0.39 is 0 Å². The molecule has 182 valence electrons. The number of nitrogens with zero attached hydrogens (tertiary/aromatic N) is 4. The highest BCUT2D eigenvalue weighted by Crippen LogP contribution is 2.59. The second-order valence-electron chi connectivity index (χ2n) is 8.95. The van der Waals surface area contributed by atoms with Crippen LogP contribution >= 0.6 is 11.8 Å². The zero-order chi connectivity index (χ0) is 24.1. The largest absolute Gasteiger partial charge is 0.382 e. The topological polar surface area (TPSA) is 106 Å². The van der Waals surface area contributed by atoms with Gasteiger partial charge in [-0.15, -0.1) is 11.8 Å². The number of nitrogens with one attached hydrogen (secondary N) is 1. The number of carbonyl (C=O) groups excluding carboxylic acids is 1. The van der Waals surface area contributed by atoms with Crippen molar-refractivity contribution in [1.82, 2.24) is 15.0 Å². The fourth-order valence-corrected chi connectivity index (χ4v) is 5.31. The zero-order valence-electron chi connectivity index (χ0n) is 19.6. The molecule has 3 N–H and O–H groups in total. The van der Waals surface area contributed by atoms with Crippen molar-refractivity contribution in [2.75, 3.05) is 36.5 Å². The molecule has 35 heavy (non-hydrogen) atoms. The number of anilines is 2. The summed E-state index contributed by atoms with van der Waals surface area (Å²) in [7, 11) is 0. The minimum Gasteiger partial charge on any atom is -0.382 e. The van der Waals surface area contributed by atoms with Gasteiger partial charge in [0, 0.05) is 53.7 Å². The van der Waals surface area contributed by atoms with Crippen LogP contribution in [0.1, 0.15) is 31.4 Å². The van der Waals surface area contributed by atoms with Crippen molar-refractivity contribution < 1.29 is 9.53 Å². The molecule has 0 bridgehead atoms. The predicted octanol–water partition coefficient (Wildman–Crippen LogP) is 3.83. The maximum atomic E-state index is 8.58. The molecule has 0 radical (unpaired) electrons. The van der Waals surface area contributed by atoms with E-state index in [1.807, 2.05) is 24.2 Å². The smallest absolute Gasteiger partial charge is 0.204 e. The van der Waals surface area contributed by atoms with Crippen molar-refractivity contribution in [1.29, 1.82) is 0 Å². The average Bonchev–Trinajstić information content (AvgIpc) is 3.84. The van der Waals surface area contributed by atoms with Crippen LogP contribution in [0.4, 0.5) is 11.5 Å². The number of rotatable bonds is 7. The number of ether oxygens (including phenoxy) is 1. The average molecular weight is 491 g/mol. The zero-order valence-corrected chi connectivity index (χ0v) is 20.4. The number of nitrogens with two attached hydrogens (primary N) is 1. The molecule has 3 aliphatic rings. The van der Waals surface area contributed by atoms with Crippen molar-refractivity contribution >= 4 is 29.7 Å². The first-order valence-corrected chi connectivity index (χ1v) is 12.8. The van der Waals surface area contributed by atoms with Crippen LogP contribution in [0.5, 0.6) is 0 Å². The Labute approximate surface area is 209 Å². The molecule has 1 aromatic carbocycles. The first-order chi connectivity index (χ1) is 17.2. The van der Waals surface area contributed by atoms with E-state index in [4.69, 9.17) is 19.5 Å². The summed E-state index contributed by atoms with van der Waals surface area (Å²) < 4.78 is 5.59. The Morgan fingerprint density at radius 1 is 1.06 bits per heavy atom. The fourth-order valence-electron chi connectivity index (χ4n) is 4.09. The van der Waals surface area contributed by atoms with Crippen molar-refractivity contribution in [2.24, 2.45) is 5.73 Å². The van der Waals surface area contributed by atoms with Gasteiger partial charge in [-0.05, 0) is 62.1 Å². The molecular weight excluding hydrogens is 460 g/mol. The molecular formula is C26H30N6O2S. The van der Waals surface area contributed by atoms with E-state index in [2.05, 4.69) is 63.4 Å². The fraction of sp³-hybridized carbons (Fsp3) is 0.385. The number of morpholine rings is 1. The van der Waals surface area contributed by atoms with Gasteiger partial charge in [-0.25, -0.2) is 9.97 Å². The molecule has 9 heteroatoms. The molecule has 1 saturated heterocycles. The second kappa shape index (κ2) is 10.6. The molecule has 3 heterocycles. The number of primary amides is 1. The van der Waals surface area contributed by atoms with E-state index in [1.165, 1.54) is 23.4 Å². The highest BCUT2D eigenvalue weighted by molar-refractivity contribution is 8.00. The van der Waals surface area contributed by atoms with Crippen molar-refractivity contribution in [3.05, 3.63) is 60.6 Å². The maximum absolute atomic E-state index is 8.58. The number of pyridine rings is 1. The lowest BCUT2D eigenvalue weighted by molar-refractivity contribution is -0.106. The van der Waals surface area contributed by atoms with E-state index in [9.17, 15) is 0 Å². The molecule has 3 fully saturated rings. The third kappa shape index (κ3) is 5.91. The summed E-state index contributed by atoms with van der Waals surface area (Å²) >= 11 is 1.90. The Bertz CT molecular complexity index is 1130. The summed E-state index contributed by atoms with van der Waals surface area (Å²) in [6.07, 6.45) is 8.77. The molecule has 8 nitrogen and oxygen atoms in total. The van der Waals surface area contributed by atoms with Crippen LogP contribution < -0.4 is 16.0 Å². The third-order valence-corrected chi connectivity index (χ3v) is 7.79. The summed E-state index contributed by atoms with van der Waals surface area (Å²) in [4.78, 5) is 26.4. The molecule has 2 aromatic heterocycles. The summed E-state index contributed by atoms with van der Waals surface area (Å²) in [6.45, 7) is 3.22. The first-order valence-electron chi connectivity index (χ1n) is 12.0. The molecule has 0 atom stereocenters. The van der Waals surface area contributed by atoms with Crippen LogP contribution in [0.2, 0.25) is 0 Å². The van der Waals surface area contributed by atoms with E-state index in [0.29, 0.717) is 6.04 Å². The van der Waals surface area contributed by atoms with Crippen LogP contribution in [0.25, 0.3) is 11.4 Å². The molecule has 2 aliphatic carbocycles. The summed E-state index contributed by atoms with van der Waals surface area (Å²) in [6, 6.07) is 15.6. The Balaban J connectivity index is 0.000000806. The van der Waals surface area contributed by atoms with Gasteiger partial charge in [0.2, 0.25) is 6.41 Å². The lowest BCUT2D eigenvalue weighted by Crippen LogP contribution is -2.37. The van der Waals surface area contributed by atoms with Crippen LogP contribution in [-0.4, -0.2) is 53.7 Å². The molecule has 1 aliphatic heterocycles. The third-order valence-electron chi connectivity index (χ3n) is 6.27. The predicted molar refractivity (Wildman–Crippen MR) is 138 cm³/mol. The molecule has 0 spiro atoms.